The number of carbonyl (C=O) groups excluding carboxylic acids is 1. The first-order valence-corrected chi connectivity index (χ1v) is 5.60. The Kier molecular flexibility index (Phi) is 4.84. The third kappa shape index (κ3) is 3.35. The van der Waals surface area contributed by atoms with Gasteiger partial charge in [-0.3, -0.25) is 0 Å². The van der Waals surface area contributed by atoms with Crippen LogP contribution in [-0.4, -0.2) is 37.4 Å². The molecule has 88 valence electrons. The summed E-state index contributed by atoms with van der Waals surface area (Å²) in [5, 5.41) is 5.59. The Morgan fingerprint density at radius 3 is 2.80 bits per heavy atom. The molecule has 1 aliphatic rings. The molecule has 4 N–H and O–H groups in total. The predicted molar refractivity (Wildman–Crippen MR) is 58.6 cm³/mol. The number of amides is 2. The van der Waals surface area contributed by atoms with Crippen LogP contribution < -0.4 is 16.4 Å². The summed E-state index contributed by atoms with van der Waals surface area (Å²) in [6.07, 6.45) is 1.84. The van der Waals surface area contributed by atoms with Crippen molar-refractivity contribution in [2.45, 2.75) is 44.9 Å². The van der Waals surface area contributed by atoms with Gasteiger partial charge in [0.1, 0.15) is 0 Å². The molecule has 5 heteroatoms. The van der Waals surface area contributed by atoms with Gasteiger partial charge in [0, 0.05) is 19.2 Å². The Balaban J connectivity index is 2.26. The summed E-state index contributed by atoms with van der Waals surface area (Å²) in [6.45, 7) is 5.30. The van der Waals surface area contributed by atoms with Crippen LogP contribution in [0.3, 0.4) is 0 Å². The van der Waals surface area contributed by atoms with E-state index in [1.807, 2.05) is 13.8 Å². The number of nitrogens with two attached hydrogens (primary N) is 1. The average Bonchev–Trinajstić information content (AvgIpc) is 2.23. The van der Waals surface area contributed by atoms with Gasteiger partial charge in [-0.1, -0.05) is 6.92 Å². The summed E-state index contributed by atoms with van der Waals surface area (Å²) in [4.78, 5) is 11.4. The fourth-order valence-electron chi connectivity index (χ4n) is 1.67. The molecule has 0 radical (unpaired) electrons. The van der Waals surface area contributed by atoms with Crippen LogP contribution >= 0.6 is 0 Å². The number of rotatable bonds is 5. The lowest BCUT2D eigenvalue weighted by molar-refractivity contribution is -0.0282. The molecule has 2 amide bonds. The van der Waals surface area contributed by atoms with Gasteiger partial charge in [-0.15, -0.1) is 0 Å². The van der Waals surface area contributed by atoms with Crippen molar-refractivity contribution in [3.63, 3.8) is 0 Å². The first-order chi connectivity index (χ1) is 7.19. The second-order valence-corrected chi connectivity index (χ2v) is 3.82. The summed E-state index contributed by atoms with van der Waals surface area (Å²) in [5.41, 5.74) is 5.80. The van der Waals surface area contributed by atoms with Gasteiger partial charge in [-0.2, -0.15) is 0 Å². The van der Waals surface area contributed by atoms with Crippen molar-refractivity contribution in [3.05, 3.63) is 0 Å². The Bertz CT molecular complexity index is 209. The first kappa shape index (κ1) is 12.3. The van der Waals surface area contributed by atoms with E-state index in [0.717, 1.165) is 12.8 Å². The highest BCUT2D eigenvalue weighted by atomic mass is 16.5. The highest BCUT2D eigenvalue weighted by Crippen LogP contribution is 2.22. The van der Waals surface area contributed by atoms with Crippen LogP contribution in [0.4, 0.5) is 4.79 Å². The standard InChI is InChI=1S/C10H21N3O2/c1-3-5-12-10(14)13-9-7(11)6-8(9)15-4-2/h7-9H,3-6,11H2,1-2H3,(H2,12,13,14). The lowest BCUT2D eigenvalue weighted by Gasteiger charge is -2.42. The Morgan fingerprint density at radius 1 is 1.53 bits per heavy atom. The van der Waals surface area contributed by atoms with Gasteiger partial charge in [-0.25, -0.2) is 4.79 Å². The van der Waals surface area contributed by atoms with E-state index in [1.165, 1.54) is 0 Å². The molecule has 0 aromatic rings. The molecule has 3 atom stereocenters. The van der Waals surface area contributed by atoms with Crippen molar-refractivity contribution in [2.75, 3.05) is 13.2 Å². The lowest BCUT2D eigenvalue weighted by Crippen LogP contribution is -2.65. The molecule has 3 unspecified atom stereocenters. The van der Waals surface area contributed by atoms with Crippen molar-refractivity contribution >= 4 is 6.03 Å². The molecule has 0 aromatic heterocycles. The Hall–Kier alpha value is -0.810. The number of hydrogen-bond donors (Lipinski definition) is 3. The third-order valence-electron chi connectivity index (χ3n) is 2.58. The van der Waals surface area contributed by atoms with E-state index in [1.54, 1.807) is 0 Å². The maximum Gasteiger partial charge on any atom is 0.315 e. The molecule has 0 saturated heterocycles. The molecular weight excluding hydrogens is 194 g/mol. The zero-order valence-electron chi connectivity index (χ0n) is 9.45. The molecule has 1 aliphatic carbocycles. The van der Waals surface area contributed by atoms with E-state index in [4.69, 9.17) is 10.5 Å². The smallest absolute Gasteiger partial charge is 0.315 e. The zero-order valence-corrected chi connectivity index (χ0v) is 9.45. The average molecular weight is 215 g/mol. The molecule has 1 saturated carbocycles. The maximum atomic E-state index is 11.4. The number of urea groups is 1. The molecule has 1 fully saturated rings. The zero-order chi connectivity index (χ0) is 11.3. The van der Waals surface area contributed by atoms with E-state index >= 15 is 0 Å². The summed E-state index contributed by atoms with van der Waals surface area (Å²) >= 11 is 0. The van der Waals surface area contributed by atoms with E-state index < -0.39 is 0 Å². The minimum absolute atomic E-state index is 0.0222. The van der Waals surface area contributed by atoms with E-state index in [2.05, 4.69) is 10.6 Å². The summed E-state index contributed by atoms with van der Waals surface area (Å²) in [6, 6.07) is -0.169. The van der Waals surface area contributed by atoms with Crippen LogP contribution in [0.1, 0.15) is 26.7 Å². The molecule has 15 heavy (non-hydrogen) atoms. The fourth-order valence-corrected chi connectivity index (χ4v) is 1.67. The summed E-state index contributed by atoms with van der Waals surface area (Å²) < 4.78 is 5.44. The molecule has 0 spiro atoms. The first-order valence-electron chi connectivity index (χ1n) is 5.60. The van der Waals surface area contributed by atoms with Crippen molar-refractivity contribution < 1.29 is 9.53 Å². The SMILES string of the molecule is CCCNC(=O)NC1C(N)CC1OCC. The van der Waals surface area contributed by atoms with Crippen molar-refractivity contribution in [3.8, 4) is 0 Å². The number of ether oxygens (including phenoxy) is 1. The lowest BCUT2D eigenvalue weighted by atomic mass is 9.83. The van der Waals surface area contributed by atoms with Crippen molar-refractivity contribution in [1.29, 1.82) is 0 Å². The van der Waals surface area contributed by atoms with Crippen LogP contribution in [0.15, 0.2) is 0 Å². The van der Waals surface area contributed by atoms with E-state index in [0.29, 0.717) is 13.2 Å². The minimum atomic E-state index is -0.151. The summed E-state index contributed by atoms with van der Waals surface area (Å²) in [5.74, 6) is 0. The van der Waals surface area contributed by atoms with Gasteiger partial charge in [0.2, 0.25) is 0 Å². The van der Waals surface area contributed by atoms with Crippen LogP contribution in [0.5, 0.6) is 0 Å². The topological polar surface area (TPSA) is 76.4 Å². The van der Waals surface area contributed by atoms with Crippen molar-refractivity contribution in [2.24, 2.45) is 5.73 Å². The van der Waals surface area contributed by atoms with Gasteiger partial charge in [0.25, 0.3) is 0 Å². The third-order valence-corrected chi connectivity index (χ3v) is 2.58. The quantitative estimate of drug-likeness (QED) is 0.613. The Morgan fingerprint density at radius 2 is 2.27 bits per heavy atom. The molecule has 1 rings (SSSR count). The van der Waals surface area contributed by atoms with Crippen molar-refractivity contribution in [1.82, 2.24) is 10.6 Å². The largest absolute Gasteiger partial charge is 0.376 e. The number of carbonyl (C=O) groups is 1. The monoisotopic (exact) mass is 215 g/mol. The van der Waals surface area contributed by atoms with Gasteiger partial charge in [0.15, 0.2) is 0 Å². The van der Waals surface area contributed by atoms with Gasteiger partial charge in [0.05, 0.1) is 12.1 Å². The van der Waals surface area contributed by atoms with Gasteiger partial charge >= 0.3 is 6.03 Å². The molecule has 0 heterocycles. The normalized spacial score (nSPS) is 29.4. The predicted octanol–water partition coefficient (Wildman–Crippen LogP) is 0.200. The van der Waals surface area contributed by atoms with Gasteiger partial charge in [-0.05, 0) is 19.8 Å². The second-order valence-electron chi connectivity index (χ2n) is 3.82. The maximum absolute atomic E-state index is 11.4. The van der Waals surface area contributed by atoms with Crippen LogP contribution in [0.25, 0.3) is 0 Å². The van der Waals surface area contributed by atoms with E-state index in [-0.39, 0.29) is 24.2 Å². The number of hydrogen-bond acceptors (Lipinski definition) is 3. The molecular formula is C10H21N3O2. The van der Waals surface area contributed by atoms with Gasteiger partial charge < -0.3 is 21.1 Å². The molecule has 0 aromatic carbocycles. The second kappa shape index (κ2) is 5.92. The Labute approximate surface area is 90.7 Å². The van der Waals surface area contributed by atoms with Crippen LogP contribution in [0, 0.1) is 0 Å². The summed E-state index contributed by atoms with van der Waals surface area (Å²) in [7, 11) is 0. The number of nitrogens with one attached hydrogen (secondary N) is 2. The highest BCUT2D eigenvalue weighted by molar-refractivity contribution is 5.74. The van der Waals surface area contributed by atoms with E-state index in [9.17, 15) is 4.79 Å². The fraction of sp³-hybridized carbons (Fsp3) is 0.900. The molecule has 0 aliphatic heterocycles. The molecule has 0 bridgehead atoms. The van der Waals surface area contributed by atoms with Crippen LogP contribution in [-0.2, 0) is 4.74 Å². The van der Waals surface area contributed by atoms with Crippen LogP contribution in [0.2, 0.25) is 0 Å². The minimum Gasteiger partial charge on any atom is -0.376 e. The highest BCUT2D eigenvalue weighted by Gasteiger charge is 2.40. The molecule has 5 nitrogen and oxygen atoms in total.